The lowest BCUT2D eigenvalue weighted by molar-refractivity contribution is 0.381. The van der Waals surface area contributed by atoms with Gasteiger partial charge in [-0.1, -0.05) is 11.2 Å². The zero-order valence-corrected chi connectivity index (χ0v) is 11.9. The van der Waals surface area contributed by atoms with Gasteiger partial charge in [0.2, 0.25) is 10.0 Å². The number of hydrogen-bond acceptors (Lipinski definition) is 5. The Morgan fingerprint density at radius 2 is 2.15 bits per heavy atom. The average Bonchev–Trinajstić information content (AvgIpc) is 2.80. The highest BCUT2D eigenvalue weighted by molar-refractivity contribution is 7.92. The van der Waals surface area contributed by atoms with Crippen LogP contribution in [0.2, 0.25) is 0 Å². The van der Waals surface area contributed by atoms with E-state index >= 15 is 0 Å². The Labute approximate surface area is 117 Å². The first-order chi connectivity index (χ1) is 9.40. The molecule has 0 aliphatic heterocycles. The van der Waals surface area contributed by atoms with Crippen LogP contribution >= 0.6 is 0 Å². The molecule has 7 heteroatoms. The zero-order chi connectivity index (χ0) is 14.8. The van der Waals surface area contributed by atoms with E-state index < -0.39 is 10.0 Å². The van der Waals surface area contributed by atoms with Crippen molar-refractivity contribution in [3.05, 3.63) is 47.3 Å². The van der Waals surface area contributed by atoms with Crippen molar-refractivity contribution in [2.75, 3.05) is 10.6 Å². The molecule has 20 heavy (non-hydrogen) atoms. The summed E-state index contributed by atoms with van der Waals surface area (Å²) < 4.78 is 30.1. The van der Waals surface area contributed by atoms with Gasteiger partial charge in [0.05, 0.1) is 35.8 Å². The maximum Gasteiger partial charge on any atom is 0.232 e. The predicted molar refractivity (Wildman–Crippen MR) is 73.4 cm³/mol. The van der Waals surface area contributed by atoms with E-state index in [1.165, 1.54) is 10.4 Å². The van der Waals surface area contributed by atoms with Crippen molar-refractivity contribution >= 4 is 15.7 Å². The van der Waals surface area contributed by atoms with Gasteiger partial charge in [0.25, 0.3) is 0 Å². The SMILES string of the molecule is Cc1cc(CN(c2cccc(C#N)c2)S(C)(=O)=O)on1. The number of aryl methyl sites for hydroxylation is 1. The second kappa shape index (κ2) is 5.35. The Morgan fingerprint density at radius 1 is 1.40 bits per heavy atom. The fraction of sp³-hybridized carbons (Fsp3) is 0.231. The van der Waals surface area contributed by atoms with Gasteiger partial charge in [-0.3, -0.25) is 4.31 Å². The van der Waals surface area contributed by atoms with Crippen molar-refractivity contribution in [3.63, 3.8) is 0 Å². The minimum Gasteiger partial charge on any atom is -0.359 e. The Balaban J connectivity index is 2.40. The maximum absolute atomic E-state index is 11.9. The molecule has 104 valence electrons. The van der Waals surface area contributed by atoms with E-state index in [-0.39, 0.29) is 6.54 Å². The van der Waals surface area contributed by atoms with Crippen molar-refractivity contribution in [1.29, 1.82) is 5.26 Å². The van der Waals surface area contributed by atoms with Crippen LogP contribution in [0.1, 0.15) is 17.0 Å². The van der Waals surface area contributed by atoms with Crippen molar-refractivity contribution < 1.29 is 12.9 Å². The molecule has 0 atom stereocenters. The van der Waals surface area contributed by atoms with E-state index in [1.807, 2.05) is 6.07 Å². The van der Waals surface area contributed by atoms with Crippen LogP contribution in [0, 0.1) is 18.3 Å². The van der Waals surface area contributed by atoms with Crippen molar-refractivity contribution in [2.24, 2.45) is 0 Å². The summed E-state index contributed by atoms with van der Waals surface area (Å²) in [4.78, 5) is 0. The van der Waals surface area contributed by atoms with Crippen molar-refractivity contribution in [2.45, 2.75) is 13.5 Å². The summed E-state index contributed by atoms with van der Waals surface area (Å²) in [5, 5.41) is 12.6. The standard InChI is InChI=1S/C13H13N3O3S/c1-10-6-13(19-15-10)9-16(20(2,17)18)12-5-3-4-11(7-12)8-14/h3-7H,9H2,1-2H3. The largest absolute Gasteiger partial charge is 0.359 e. The molecule has 6 nitrogen and oxygen atoms in total. The van der Waals surface area contributed by atoms with Gasteiger partial charge in [-0.15, -0.1) is 0 Å². The first-order valence-electron chi connectivity index (χ1n) is 5.80. The number of aromatic nitrogens is 1. The van der Waals surface area contributed by atoms with Crippen LogP contribution in [0.25, 0.3) is 0 Å². The quantitative estimate of drug-likeness (QED) is 0.857. The summed E-state index contributed by atoms with van der Waals surface area (Å²) in [5.74, 6) is 0.440. The molecular weight excluding hydrogens is 278 g/mol. The molecule has 2 rings (SSSR count). The van der Waals surface area contributed by atoms with Gasteiger partial charge in [-0.05, 0) is 25.1 Å². The molecule has 1 heterocycles. The molecule has 0 radical (unpaired) electrons. The van der Waals surface area contributed by atoms with Crippen LogP contribution in [-0.4, -0.2) is 19.8 Å². The highest BCUT2D eigenvalue weighted by Gasteiger charge is 2.20. The first kappa shape index (κ1) is 14.1. The van der Waals surface area contributed by atoms with Crippen LogP contribution in [0.5, 0.6) is 0 Å². The van der Waals surface area contributed by atoms with Crippen LogP contribution in [0.3, 0.4) is 0 Å². The van der Waals surface area contributed by atoms with Crippen LogP contribution in [0.4, 0.5) is 5.69 Å². The molecule has 0 unspecified atom stereocenters. The minimum absolute atomic E-state index is 0.0363. The molecular formula is C13H13N3O3S. The fourth-order valence-electron chi connectivity index (χ4n) is 1.76. The Morgan fingerprint density at radius 3 is 2.70 bits per heavy atom. The highest BCUT2D eigenvalue weighted by Crippen LogP contribution is 2.21. The Bertz CT molecular complexity index is 759. The number of rotatable bonds is 4. The molecule has 1 aromatic carbocycles. The van der Waals surface area contributed by atoms with Crippen LogP contribution in [0.15, 0.2) is 34.9 Å². The molecule has 2 aromatic rings. The summed E-state index contributed by atoms with van der Waals surface area (Å²) in [5.41, 5.74) is 1.49. The highest BCUT2D eigenvalue weighted by atomic mass is 32.2. The molecule has 0 amide bonds. The summed E-state index contributed by atoms with van der Waals surface area (Å²) in [6.07, 6.45) is 1.11. The molecule has 0 bridgehead atoms. The maximum atomic E-state index is 11.9. The molecule has 0 aliphatic carbocycles. The number of nitriles is 1. The molecule has 0 fully saturated rings. The number of anilines is 1. The molecule has 0 N–H and O–H groups in total. The van der Waals surface area contributed by atoms with Crippen LogP contribution in [-0.2, 0) is 16.6 Å². The smallest absolute Gasteiger partial charge is 0.232 e. The topological polar surface area (TPSA) is 87.2 Å². The van der Waals surface area contributed by atoms with E-state index in [4.69, 9.17) is 9.78 Å². The van der Waals surface area contributed by atoms with Crippen LogP contribution < -0.4 is 4.31 Å². The lowest BCUT2D eigenvalue weighted by Gasteiger charge is -2.21. The van der Waals surface area contributed by atoms with E-state index in [9.17, 15) is 8.42 Å². The lowest BCUT2D eigenvalue weighted by Crippen LogP contribution is -2.29. The van der Waals surface area contributed by atoms with E-state index in [0.29, 0.717) is 22.7 Å². The third-order valence-electron chi connectivity index (χ3n) is 2.64. The summed E-state index contributed by atoms with van der Waals surface area (Å²) in [7, 11) is -3.50. The third-order valence-corrected chi connectivity index (χ3v) is 3.78. The summed E-state index contributed by atoms with van der Waals surface area (Å²) in [6, 6.07) is 10.1. The average molecular weight is 291 g/mol. The van der Waals surface area contributed by atoms with Gasteiger partial charge in [-0.25, -0.2) is 8.42 Å². The lowest BCUT2D eigenvalue weighted by atomic mass is 10.2. The molecule has 0 saturated heterocycles. The number of benzene rings is 1. The molecule has 0 saturated carbocycles. The van der Waals surface area contributed by atoms with Gasteiger partial charge in [0, 0.05) is 6.07 Å². The van der Waals surface area contributed by atoms with Gasteiger partial charge in [-0.2, -0.15) is 5.26 Å². The number of hydrogen-bond donors (Lipinski definition) is 0. The van der Waals surface area contributed by atoms with E-state index in [1.54, 1.807) is 31.2 Å². The number of sulfonamides is 1. The molecule has 1 aromatic heterocycles. The summed E-state index contributed by atoms with van der Waals surface area (Å²) in [6.45, 7) is 1.79. The van der Waals surface area contributed by atoms with Gasteiger partial charge in [0.1, 0.15) is 0 Å². The van der Waals surface area contributed by atoms with Gasteiger partial charge >= 0.3 is 0 Å². The molecule has 0 spiro atoms. The number of nitrogens with zero attached hydrogens (tertiary/aromatic N) is 3. The van der Waals surface area contributed by atoms with Gasteiger partial charge < -0.3 is 4.52 Å². The Kier molecular flexibility index (Phi) is 3.77. The third kappa shape index (κ3) is 3.16. The summed E-state index contributed by atoms with van der Waals surface area (Å²) >= 11 is 0. The minimum atomic E-state index is -3.50. The Hall–Kier alpha value is -2.33. The van der Waals surface area contributed by atoms with E-state index in [2.05, 4.69) is 5.16 Å². The fourth-order valence-corrected chi connectivity index (χ4v) is 2.62. The second-order valence-electron chi connectivity index (χ2n) is 4.37. The normalized spacial score (nSPS) is 11.1. The van der Waals surface area contributed by atoms with E-state index in [0.717, 1.165) is 6.26 Å². The van der Waals surface area contributed by atoms with Crippen molar-refractivity contribution in [1.82, 2.24) is 5.16 Å². The second-order valence-corrected chi connectivity index (χ2v) is 6.27. The predicted octanol–water partition coefficient (Wildman–Crippen LogP) is 1.82. The molecule has 0 aliphatic rings. The monoisotopic (exact) mass is 291 g/mol. The zero-order valence-electron chi connectivity index (χ0n) is 11.1. The van der Waals surface area contributed by atoms with Gasteiger partial charge in [0.15, 0.2) is 5.76 Å². The first-order valence-corrected chi connectivity index (χ1v) is 7.65. The van der Waals surface area contributed by atoms with Crippen molar-refractivity contribution in [3.8, 4) is 6.07 Å².